The van der Waals surface area contributed by atoms with Gasteiger partial charge in [-0.3, -0.25) is 0 Å². The smallest absolute Gasteiger partial charge is 0.409 e. The van der Waals surface area contributed by atoms with Crippen molar-refractivity contribution in [2.24, 2.45) is 0 Å². The fraction of sp³-hybridized carbons (Fsp3) is 0.300. The van der Waals surface area contributed by atoms with E-state index in [2.05, 4.69) is 0 Å². The minimum absolute atomic E-state index is 0.317. The first-order valence-electron chi connectivity index (χ1n) is 9.06. The third kappa shape index (κ3) is 7.78. The molecule has 2 aromatic rings. The van der Waals surface area contributed by atoms with Crippen LogP contribution < -0.4 is 9.47 Å². The van der Waals surface area contributed by atoms with Crippen LogP contribution in [0.1, 0.15) is 11.1 Å². The molecule has 2 aromatic carbocycles. The third-order valence-corrected chi connectivity index (χ3v) is 10.8. The molecule has 0 saturated heterocycles. The van der Waals surface area contributed by atoms with Crippen LogP contribution in [0.25, 0.3) is 0 Å². The van der Waals surface area contributed by atoms with Crippen LogP contribution in [-0.2, 0) is 0 Å². The topological polar surface area (TPSA) is 59.1 Å². The maximum atomic E-state index is 11.8. The molecule has 6 nitrogen and oxygen atoms in total. The number of nitrogens with zero attached hydrogens (tertiary/aromatic N) is 2. The van der Waals surface area contributed by atoms with Gasteiger partial charge in [0.05, 0.1) is 10.0 Å². The number of halogens is 2. The molecule has 32 heavy (non-hydrogen) atoms. The monoisotopic (exact) mass is 552 g/mol. The third-order valence-electron chi connectivity index (χ3n) is 3.86. The summed E-state index contributed by atoms with van der Waals surface area (Å²) < 4.78 is 10.7. The molecule has 0 aliphatic heterocycles. The zero-order valence-corrected chi connectivity index (χ0v) is 23.0. The highest BCUT2D eigenvalue weighted by Crippen LogP contribution is 2.52. The van der Waals surface area contributed by atoms with Crippen molar-refractivity contribution in [2.45, 2.75) is 23.6 Å². The Labute approximate surface area is 213 Å². The highest BCUT2D eigenvalue weighted by molar-refractivity contribution is 9.26. The minimum atomic E-state index is -0.492. The zero-order chi connectivity index (χ0) is 24.0. The van der Waals surface area contributed by atoms with E-state index < -0.39 is 12.2 Å². The highest BCUT2D eigenvalue weighted by atomic mass is 35.5. The van der Waals surface area contributed by atoms with Gasteiger partial charge in [0.2, 0.25) is 0 Å². The number of carbonyl (C=O) groups excluding carboxylic acids is 2. The second kappa shape index (κ2) is 12.4. The van der Waals surface area contributed by atoms with Gasteiger partial charge in [-0.05, 0) is 90.5 Å². The van der Waals surface area contributed by atoms with Gasteiger partial charge in [-0.2, -0.15) is 0 Å². The number of carbonyl (C=O) groups is 2. The fourth-order valence-electron chi connectivity index (χ4n) is 2.08. The van der Waals surface area contributed by atoms with Crippen molar-refractivity contribution in [1.82, 2.24) is 9.80 Å². The number of benzene rings is 2. The standard InChI is InChI=1S/C20H22Cl2N2O4S4/c1-11-7-13(21)15(27-19(25)23(3)4)9-17(11)29-31-32-30-18-10-16(14(22)8-12(18)2)28-20(26)24(5)6/h7-10H,1-6H3. The van der Waals surface area contributed by atoms with Crippen LogP contribution in [0.15, 0.2) is 34.1 Å². The number of rotatable bonds is 7. The van der Waals surface area contributed by atoms with Gasteiger partial charge in [-0.1, -0.05) is 23.2 Å². The molecule has 0 spiro atoms. The van der Waals surface area contributed by atoms with Crippen molar-refractivity contribution >= 4 is 76.6 Å². The summed E-state index contributed by atoms with van der Waals surface area (Å²) >= 11 is 12.4. The van der Waals surface area contributed by atoms with Crippen LogP contribution >= 0.6 is 64.4 Å². The van der Waals surface area contributed by atoms with Crippen LogP contribution in [0.2, 0.25) is 10.0 Å². The van der Waals surface area contributed by atoms with Gasteiger partial charge in [-0.15, -0.1) is 0 Å². The Bertz CT molecular complexity index is 927. The molecule has 0 unspecified atom stereocenters. The molecule has 0 heterocycles. The highest BCUT2D eigenvalue weighted by Gasteiger charge is 2.15. The van der Waals surface area contributed by atoms with Crippen LogP contribution in [-0.4, -0.2) is 50.2 Å². The summed E-state index contributed by atoms with van der Waals surface area (Å²) in [6, 6.07) is 7.06. The predicted octanol–water partition coefficient (Wildman–Crippen LogP) is 7.83. The van der Waals surface area contributed by atoms with Crippen molar-refractivity contribution in [1.29, 1.82) is 0 Å². The predicted molar refractivity (Wildman–Crippen MR) is 139 cm³/mol. The summed E-state index contributed by atoms with van der Waals surface area (Å²) in [5.41, 5.74) is 1.95. The molecular weight excluding hydrogens is 531 g/mol. The number of aryl methyl sites for hydroxylation is 2. The average Bonchev–Trinajstić information content (AvgIpc) is 2.70. The Morgan fingerprint density at radius 1 is 0.719 bits per heavy atom. The van der Waals surface area contributed by atoms with Crippen molar-refractivity contribution in [2.75, 3.05) is 28.2 Å². The van der Waals surface area contributed by atoms with Crippen LogP contribution in [0.3, 0.4) is 0 Å². The molecule has 0 fully saturated rings. The van der Waals surface area contributed by atoms with Crippen molar-refractivity contribution in [3.05, 3.63) is 45.4 Å². The number of ether oxygens (including phenoxy) is 2. The minimum Gasteiger partial charge on any atom is -0.409 e. The number of amides is 2. The molecule has 0 N–H and O–H groups in total. The second-order valence-corrected chi connectivity index (χ2v) is 13.5. The van der Waals surface area contributed by atoms with Gasteiger partial charge in [0, 0.05) is 38.0 Å². The molecule has 2 amide bonds. The van der Waals surface area contributed by atoms with E-state index in [1.54, 1.807) is 72.1 Å². The first-order chi connectivity index (χ1) is 15.0. The fourth-order valence-corrected chi connectivity index (χ4v) is 8.49. The van der Waals surface area contributed by atoms with Gasteiger partial charge in [0.1, 0.15) is 0 Å². The Morgan fingerprint density at radius 3 is 1.38 bits per heavy atom. The molecule has 0 radical (unpaired) electrons. The summed E-state index contributed by atoms with van der Waals surface area (Å²) in [5.74, 6) is 0.634. The molecular formula is C20H22Cl2N2O4S4. The normalized spacial score (nSPS) is 10.6. The second-order valence-electron chi connectivity index (χ2n) is 6.92. The van der Waals surface area contributed by atoms with Gasteiger partial charge in [0.25, 0.3) is 0 Å². The molecule has 12 heteroatoms. The molecule has 0 saturated carbocycles. The van der Waals surface area contributed by atoms with E-state index in [1.165, 1.54) is 31.4 Å². The molecule has 2 rings (SSSR count). The molecule has 174 valence electrons. The van der Waals surface area contributed by atoms with E-state index in [-0.39, 0.29) is 0 Å². The van der Waals surface area contributed by atoms with E-state index in [0.717, 1.165) is 20.9 Å². The van der Waals surface area contributed by atoms with E-state index in [9.17, 15) is 9.59 Å². The van der Waals surface area contributed by atoms with E-state index in [1.807, 2.05) is 13.8 Å². The molecule has 0 aromatic heterocycles. The van der Waals surface area contributed by atoms with E-state index >= 15 is 0 Å². The van der Waals surface area contributed by atoms with Crippen molar-refractivity contribution in [3.8, 4) is 11.5 Å². The van der Waals surface area contributed by atoms with Gasteiger partial charge in [0.15, 0.2) is 11.5 Å². The Morgan fingerprint density at radius 2 is 1.06 bits per heavy atom. The van der Waals surface area contributed by atoms with Crippen LogP contribution in [0.5, 0.6) is 11.5 Å². The SMILES string of the molecule is Cc1cc(Cl)c(OC(=O)N(C)C)cc1SSSSc1cc(OC(=O)N(C)C)c(Cl)cc1C. The maximum absolute atomic E-state index is 11.8. The number of hydrogen-bond donors (Lipinski definition) is 0. The largest absolute Gasteiger partial charge is 0.414 e. The summed E-state index contributed by atoms with van der Waals surface area (Å²) in [5, 5.41) is 0.760. The Hall–Kier alpha value is -1.04. The van der Waals surface area contributed by atoms with E-state index in [0.29, 0.717) is 21.5 Å². The first kappa shape index (κ1) is 27.2. The first-order valence-corrected chi connectivity index (χ1v) is 14.6. The lowest BCUT2D eigenvalue weighted by Gasteiger charge is -2.14. The van der Waals surface area contributed by atoms with Crippen molar-refractivity contribution < 1.29 is 19.1 Å². The lowest BCUT2D eigenvalue weighted by molar-refractivity contribution is 0.171. The molecule has 0 aliphatic rings. The van der Waals surface area contributed by atoms with Crippen LogP contribution in [0.4, 0.5) is 9.59 Å². The lowest BCUT2D eigenvalue weighted by atomic mass is 10.2. The summed E-state index contributed by atoms with van der Waals surface area (Å²) in [7, 11) is 12.6. The zero-order valence-electron chi connectivity index (χ0n) is 18.2. The summed E-state index contributed by atoms with van der Waals surface area (Å²) in [6.07, 6.45) is -0.985. The van der Waals surface area contributed by atoms with Crippen molar-refractivity contribution in [3.63, 3.8) is 0 Å². The maximum Gasteiger partial charge on any atom is 0.414 e. The van der Waals surface area contributed by atoms with E-state index in [4.69, 9.17) is 32.7 Å². The summed E-state index contributed by atoms with van der Waals surface area (Å²) in [6.45, 7) is 3.89. The van der Waals surface area contributed by atoms with Gasteiger partial charge >= 0.3 is 12.2 Å². The molecule has 0 atom stereocenters. The molecule has 0 bridgehead atoms. The van der Waals surface area contributed by atoms with Gasteiger partial charge < -0.3 is 19.3 Å². The summed E-state index contributed by atoms with van der Waals surface area (Å²) in [4.78, 5) is 28.2. The quantitative estimate of drug-likeness (QED) is 0.254. The lowest BCUT2D eigenvalue weighted by Crippen LogP contribution is -2.25. The average molecular weight is 554 g/mol. The van der Waals surface area contributed by atoms with Gasteiger partial charge in [-0.25, -0.2) is 9.59 Å². The Balaban J connectivity index is 2.03. The number of hydrogen-bond acceptors (Lipinski definition) is 8. The van der Waals surface area contributed by atoms with Crippen LogP contribution in [0, 0.1) is 13.8 Å². The molecule has 0 aliphatic carbocycles. The Kier molecular flexibility index (Phi) is 10.6.